The molecule has 0 heterocycles. The molecule has 4 nitrogen and oxygen atoms in total. The molecule has 0 fully saturated rings. The van der Waals surface area contributed by atoms with Gasteiger partial charge in [-0.3, -0.25) is 0 Å². The summed E-state index contributed by atoms with van der Waals surface area (Å²) in [6.45, 7) is 6.60. The van der Waals surface area contributed by atoms with Gasteiger partial charge >= 0.3 is 0 Å². The van der Waals surface area contributed by atoms with Crippen LogP contribution < -0.4 is 10.0 Å². The maximum atomic E-state index is 12.4. The summed E-state index contributed by atoms with van der Waals surface area (Å²) < 4.78 is 27.5. The Morgan fingerprint density at radius 1 is 1.16 bits per heavy atom. The molecule has 0 saturated heterocycles. The molecule has 0 aliphatic heterocycles. The van der Waals surface area contributed by atoms with Crippen molar-refractivity contribution < 1.29 is 8.42 Å². The van der Waals surface area contributed by atoms with Gasteiger partial charge in [-0.25, -0.2) is 13.1 Å². The van der Waals surface area contributed by atoms with E-state index >= 15 is 0 Å². The first-order chi connectivity index (χ1) is 8.86. The minimum Gasteiger partial charge on any atom is -0.316 e. The molecule has 0 radical (unpaired) electrons. The predicted molar refractivity (Wildman–Crippen MR) is 78.4 cm³/mol. The lowest BCUT2D eigenvalue weighted by Crippen LogP contribution is -2.34. The molecule has 0 spiro atoms. The van der Waals surface area contributed by atoms with E-state index in [0.29, 0.717) is 17.4 Å². The second-order valence-electron chi connectivity index (χ2n) is 5.29. The monoisotopic (exact) mass is 284 g/mol. The zero-order valence-electron chi connectivity index (χ0n) is 12.1. The Labute approximate surface area is 116 Å². The van der Waals surface area contributed by atoms with Crippen LogP contribution in [-0.4, -0.2) is 21.5 Å². The third-order valence-electron chi connectivity index (χ3n) is 2.81. The topological polar surface area (TPSA) is 58.2 Å². The van der Waals surface area contributed by atoms with E-state index in [0.717, 1.165) is 12.0 Å². The van der Waals surface area contributed by atoms with Crippen molar-refractivity contribution in [1.29, 1.82) is 0 Å². The highest BCUT2D eigenvalue weighted by Gasteiger charge is 2.20. The smallest absolute Gasteiger partial charge is 0.241 e. The normalized spacial score (nSPS) is 13.7. The lowest BCUT2D eigenvalue weighted by Gasteiger charge is -2.17. The Bertz CT molecular complexity index is 498. The van der Waals surface area contributed by atoms with Crippen LogP contribution in [-0.2, 0) is 16.6 Å². The largest absolute Gasteiger partial charge is 0.316 e. The van der Waals surface area contributed by atoms with Crippen LogP contribution in [0, 0.1) is 5.92 Å². The molecule has 1 aromatic carbocycles. The fourth-order valence-electron chi connectivity index (χ4n) is 2.19. The first-order valence-corrected chi connectivity index (χ1v) is 8.10. The summed E-state index contributed by atoms with van der Waals surface area (Å²) >= 11 is 0. The first-order valence-electron chi connectivity index (χ1n) is 6.61. The Morgan fingerprint density at radius 2 is 1.79 bits per heavy atom. The highest BCUT2D eigenvalue weighted by atomic mass is 32.2. The van der Waals surface area contributed by atoms with Crippen molar-refractivity contribution in [2.24, 2.45) is 5.92 Å². The Morgan fingerprint density at radius 3 is 2.37 bits per heavy atom. The SMILES string of the molecule is CNCc1ccccc1S(=O)(=O)NC(C)CC(C)C. The summed E-state index contributed by atoms with van der Waals surface area (Å²) in [6, 6.07) is 7.02. The van der Waals surface area contributed by atoms with Crippen molar-refractivity contribution in [2.45, 2.75) is 44.7 Å². The zero-order valence-corrected chi connectivity index (χ0v) is 12.9. The molecule has 0 amide bonds. The average molecular weight is 284 g/mol. The van der Waals surface area contributed by atoms with Gasteiger partial charge in [0.25, 0.3) is 0 Å². The number of nitrogens with one attached hydrogen (secondary N) is 2. The minimum atomic E-state index is -3.45. The van der Waals surface area contributed by atoms with Crippen LogP contribution in [0.2, 0.25) is 0 Å². The molecule has 0 aliphatic rings. The summed E-state index contributed by atoms with van der Waals surface area (Å²) in [5.74, 6) is 0.463. The highest BCUT2D eigenvalue weighted by Crippen LogP contribution is 2.16. The molecule has 0 aliphatic carbocycles. The maximum Gasteiger partial charge on any atom is 0.241 e. The highest BCUT2D eigenvalue weighted by molar-refractivity contribution is 7.89. The van der Waals surface area contributed by atoms with Crippen LogP contribution in [0.5, 0.6) is 0 Å². The van der Waals surface area contributed by atoms with E-state index in [2.05, 4.69) is 23.9 Å². The van der Waals surface area contributed by atoms with Gasteiger partial charge < -0.3 is 5.32 Å². The lowest BCUT2D eigenvalue weighted by atomic mass is 10.1. The molecule has 1 aromatic rings. The van der Waals surface area contributed by atoms with Crippen LogP contribution >= 0.6 is 0 Å². The molecule has 19 heavy (non-hydrogen) atoms. The van der Waals surface area contributed by atoms with Gasteiger partial charge in [0, 0.05) is 12.6 Å². The molecule has 1 unspecified atom stereocenters. The molecule has 1 rings (SSSR count). The third kappa shape index (κ3) is 4.93. The van der Waals surface area contributed by atoms with E-state index in [1.54, 1.807) is 19.2 Å². The van der Waals surface area contributed by atoms with Gasteiger partial charge in [-0.2, -0.15) is 0 Å². The van der Waals surface area contributed by atoms with Gasteiger partial charge in [0.15, 0.2) is 0 Å². The van der Waals surface area contributed by atoms with E-state index in [4.69, 9.17) is 0 Å². The van der Waals surface area contributed by atoms with Gasteiger partial charge in [0.1, 0.15) is 0 Å². The molecule has 0 bridgehead atoms. The number of sulfonamides is 1. The van der Waals surface area contributed by atoms with Crippen molar-refractivity contribution in [2.75, 3.05) is 7.05 Å². The average Bonchev–Trinajstić information content (AvgIpc) is 2.27. The second-order valence-corrected chi connectivity index (χ2v) is 6.97. The number of benzene rings is 1. The second kappa shape index (κ2) is 7.03. The van der Waals surface area contributed by atoms with E-state index in [9.17, 15) is 8.42 Å². The molecule has 108 valence electrons. The van der Waals surface area contributed by atoms with Crippen molar-refractivity contribution in [3.63, 3.8) is 0 Å². The lowest BCUT2D eigenvalue weighted by molar-refractivity contribution is 0.482. The number of rotatable bonds is 7. The molecule has 0 aromatic heterocycles. The molecular weight excluding hydrogens is 260 g/mol. The van der Waals surface area contributed by atoms with Crippen LogP contribution in [0.3, 0.4) is 0 Å². The van der Waals surface area contributed by atoms with E-state index in [1.807, 2.05) is 19.1 Å². The van der Waals surface area contributed by atoms with Gasteiger partial charge in [-0.1, -0.05) is 32.0 Å². The Hall–Kier alpha value is -0.910. The molecule has 5 heteroatoms. The fourth-order valence-corrected chi connectivity index (χ4v) is 3.68. The summed E-state index contributed by atoms with van der Waals surface area (Å²) in [7, 11) is -1.64. The summed E-state index contributed by atoms with van der Waals surface area (Å²) in [5.41, 5.74) is 0.786. The fraction of sp³-hybridized carbons (Fsp3) is 0.571. The molecule has 0 saturated carbocycles. The van der Waals surface area contributed by atoms with E-state index in [-0.39, 0.29) is 6.04 Å². The molecular formula is C14H24N2O2S. The van der Waals surface area contributed by atoms with Crippen molar-refractivity contribution >= 4 is 10.0 Å². The van der Waals surface area contributed by atoms with Gasteiger partial charge in [-0.15, -0.1) is 0 Å². The summed E-state index contributed by atoms with van der Waals surface area (Å²) in [6.07, 6.45) is 0.827. The molecule has 1 atom stereocenters. The van der Waals surface area contributed by atoms with Crippen LogP contribution in [0.15, 0.2) is 29.2 Å². The van der Waals surface area contributed by atoms with Crippen molar-refractivity contribution in [1.82, 2.24) is 10.0 Å². The van der Waals surface area contributed by atoms with Crippen molar-refractivity contribution in [3.05, 3.63) is 29.8 Å². The Kier molecular flexibility index (Phi) is 5.97. The maximum absolute atomic E-state index is 12.4. The number of hydrogen-bond donors (Lipinski definition) is 2. The summed E-state index contributed by atoms with van der Waals surface area (Å²) in [5, 5.41) is 2.99. The molecule has 2 N–H and O–H groups in total. The van der Waals surface area contributed by atoms with E-state index < -0.39 is 10.0 Å². The minimum absolute atomic E-state index is 0.0624. The quantitative estimate of drug-likeness (QED) is 0.806. The van der Waals surface area contributed by atoms with Crippen LogP contribution in [0.25, 0.3) is 0 Å². The van der Waals surface area contributed by atoms with Gasteiger partial charge in [0.05, 0.1) is 4.90 Å². The zero-order chi connectivity index (χ0) is 14.5. The van der Waals surface area contributed by atoms with Crippen LogP contribution in [0.1, 0.15) is 32.8 Å². The standard InChI is InChI=1S/C14H24N2O2S/c1-11(2)9-12(3)16-19(17,18)14-8-6-5-7-13(14)10-15-4/h5-8,11-12,15-16H,9-10H2,1-4H3. The van der Waals surface area contributed by atoms with Gasteiger partial charge in [0.2, 0.25) is 10.0 Å². The first kappa shape index (κ1) is 16.1. The Balaban J connectivity index is 2.94. The van der Waals surface area contributed by atoms with E-state index in [1.165, 1.54) is 0 Å². The predicted octanol–water partition coefficient (Wildman–Crippen LogP) is 2.12. The van der Waals surface area contributed by atoms with Crippen molar-refractivity contribution in [3.8, 4) is 0 Å². The van der Waals surface area contributed by atoms with Gasteiger partial charge in [-0.05, 0) is 37.9 Å². The van der Waals surface area contributed by atoms with Crippen LogP contribution in [0.4, 0.5) is 0 Å². The third-order valence-corrected chi connectivity index (χ3v) is 4.50. The number of hydrogen-bond acceptors (Lipinski definition) is 3. The summed E-state index contributed by atoms with van der Waals surface area (Å²) in [4.78, 5) is 0.361.